The number of nitrogens with one attached hydrogen (secondary N) is 1. The lowest BCUT2D eigenvalue weighted by Gasteiger charge is -2.10. The van der Waals surface area contributed by atoms with E-state index in [0.29, 0.717) is 36.1 Å². The molecule has 2 heterocycles. The van der Waals surface area contributed by atoms with E-state index in [1.165, 1.54) is 5.56 Å². The van der Waals surface area contributed by atoms with E-state index < -0.39 is 0 Å². The van der Waals surface area contributed by atoms with Gasteiger partial charge in [0.1, 0.15) is 0 Å². The standard InChI is InChI=1S/C24H24N4O3S/c1-17-5-11-20(12-6-17)28-22(21-4-3-14-31-21)26-27-24(28)32-16-18-7-9-19(10-8-18)23(29)25-13-15-30-2/h3-12,14H,13,15-16H2,1-2H3,(H,25,29). The molecule has 0 aliphatic heterocycles. The van der Waals surface area contributed by atoms with Crippen LogP contribution >= 0.6 is 11.8 Å². The summed E-state index contributed by atoms with van der Waals surface area (Å²) < 4.78 is 12.5. The van der Waals surface area contributed by atoms with E-state index in [1.54, 1.807) is 25.1 Å². The fraction of sp³-hybridized carbons (Fsp3) is 0.208. The molecule has 0 bridgehead atoms. The van der Waals surface area contributed by atoms with Gasteiger partial charge in [0.05, 0.1) is 12.9 Å². The first-order valence-corrected chi connectivity index (χ1v) is 11.2. The van der Waals surface area contributed by atoms with Crippen LogP contribution in [0.3, 0.4) is 0 Å². The largest absolute Gasteiger partial charge is 0.461 e. The van der Waals surface area contributed by atoms with Crippen LogP contribution < -0.4 is 5.32 Å². The third-order valence-electron chi connectivity index (χ3n) is 4.84. The number of hydrogen-bond donors (Lipinski definition) is 1. The highest BCUT2D eigenvalue weighted by atomic mass is 32.2. The SMILES string of the molecule is COCCNC(=O)c1ccc(CSc2nnc(-c3ccco3)n2-c2ccc(C)cc2)cc1. The number of carbonyl (C=O) groups excluding carboxylic acids is 1. The molecule has 4 aromatic rings. The van der Waals surface area contributed by atoms with E-state index in [4.69, 9.17) is 9.15 Å². The number of hydrogen-bond acceptors (Lipinski definition) is 6. The van der Waals surface area contributed by atoms with Gasteiger partial charge in [0.2, 0.25) is 5.82 Å². The van der Waals surface area contributed by atoms with Gasteiger partial charge >= 0.3 is 0 Å². The summed E-state index contributed by atoms with van der Waals surface area (Å²) in [5.74, 6) is 1.90. The highest BCUT2D eigenvalue weighted by molar-refractivity contribution is 7.98. The summed E-state index contributed by atoms with van der Waals surface area (Å²) in [4.78, 5) is 12.1. The lowest BCUT2D eigenvalue weighted by Crippen LogP contribution is -2.26. The summed E-state index contributed by atoms with van der Waals surface area (Å²) in [6, 6.07) is 19.5. The Labute approximate surface area is 190 Å². The predicted molar refractivity (Wildman–Crippen MR) is 124 cm³/mol. The van der Waals surface area contributed by atoms with Crippen LogP contribution in [0.1, 0.15) is 21.5 Å². The normalized spacial score (nSPS) is 10.9. The summed E-state index contributed by atoms with van der Waals surface area (Å²) in [5, 5.41) is 12.4. The zero-order chi connectivity index (χ0) is 22.3. The Hall–Kier alpha value is -3.36. The molecule has 7 nitrogen and oxygen atoms in total. The minimum Gasteiger partial charge on any atom is -0.461 e. The van der Waals surface area contributed by atoms with Crippen molar-refractivity contribution in [1.82, 2.24) is 20.1 Å². The number of ether oxygens (including phenoxy) is 1. The zero-order valence-corrected chi connectivity index (χ0v) is 18.8. The van der Waals surface area contributed by atoms with Gasteiger partial charge < -0.3 is 14.5 Å². The average Bonchev–Trinajstić information content (AvgIpc) is 3.49. The number of carbonyl (C=O) groups is 1. The van der Waals surface area contributed by atoms with Crippen molar-refractivity contribution in [2.45, 2.75) is 17.8 Å². The third kappa shape index (κ3) is 5.09. The van der Waals surface area contributed by atoms with E-state index in [0.717, 1.165) is 16.4 Å². The Morgan fingerprint density at radius 3 is 2.56 bits per heavy atom. The summed E-state index contributed by atoms with van der Waals surface area (Å²) in [5.41, 5.74) is 3.86. The average molecular weight is 449 g/mol. The van der Waals surface area contributed by atoms with Crippen LogP contribution in [0.4, 0.5) is 0 Å². The summed E-state index contributed by atoms with van der Waals surface area (Å²) in [7, 11) is 1.61. The summed E-state index contributed by atoms with van der Waals surface area (Å²) in [6.45, 7) is 3.03. The molecule has 0 aliphatic rings. The monoisotopic (exact) mass is 448 g/mol. The van der Waals surface area contributed by atoms with Crippen LogP contribution in [0.25, 0.3) is 17.3 Å². The number of benzene rings is 2. The smallest absolute Gasteiger partial charge is 0.251 e. The Kier molecular flexibility index (Phi) is 7.03. The first-order valence-electron chi connectivity index (χ1n) is 10.2. The maximum absolute atomic E-state index is 12.1. The topological polar surface area (TPSA) is 82.2 Å². The molecule has 0 unspecified atom stereocenters. The lowest BCUT2D eigenvalue weighted by atomic mass is 10.1. The second kappa shape index (κ2) is 10.3. The molecule has 1 amide bonds. The van der Waals surface area contributed by atoms with Gasteiger partial charge in [-0.3, -0.25) is 9.36 Å². The van der Waals surface area contributed by atoms with Crippen LogP contribution in [0.5, 0.6) is 0 Å². The minimum atomic E-state index is -0.108. The van der Waals surface area contributed by atoms with E-state index >= 15 is 0 Å². The second-order valence-electron chi connectivity index (χ2n) is 7.19. The van der Waals surface area contributed by atoms with Gasteiger partial charge in [0, 0.05) is 30.7 Å². The molecule has 2 aromatic carbocycles. The van der Waals surface area contributed by atoms with Crippen molar-refractivity contribution in [3.63, 3.8) is 0 Å². The molecule has 0 aliphatic carbocycles. The lowest BCUT2D eigenvalue weighted by molar-refractivity contribution is 0.0937. The minimum absolute atomic E-state index is 0.108. The number of amides is 1. The Balaban J connectivity index is 1.51. The molecule has 4 rings (SSSR count). The van der Waals surface area contributed by atoms with Crippen molar-refractivity contribution in [3.8, 4) is 17.3 Å². The molecule has 0 atom stereocenters. The van der Waals surface area contributed by atoms with Gasteiger partial charge in [-0.25, -0.2) is 0 Å². The van der Waals surface area contributed by atoms with Crippen LogP contribution in [-0.4, -0.2) is 40.9 Å². The Bertz CT molecular complexity index is 1150. The summed E-state index contributed by atoms with van der Waals surface area (Å²) in [6.07, 6.45) is 1.63. The van der Waals surface area contributed by atoms with Crippen LogP contribution in [0, 0.1) is 6.92 Å². The molecule has 0 saturated heterocycles. The van der Waals surface area contributed by atoms with E-state index in [1.807, 2.05) is 53.1 Å². The second-order valence-corrected chi connectivity index (χ2v) is 8.13. The van der Waals surface area contributed by atoms with Crippen LogP contribution in [-0.2, 0) is 10.5 Å². The summed E-state index contributed by atoms with van der Waals surface area (Å²) >= 11 is 1.58. The fourth-order valence-corrected chi connectivity index (χ4v) is 4.03. The molecular formula is C24H24N4O3S. The molecule has 2 aromatic heterocycles. The molecule has 0 radical (unpaired) electrons. The number of furan rings is 1. The van der Waals surface area contributed by atoms with Crippen molar-refractivity contribution in [1.29, 1.82) is 0 Å². The van der Waals surface area contributed by atoms with E-state index in [2.05, 4.69) is 34.6 Å². The molecule has 164 valence electrons. The molecular weight excluding hydrogens is 424 g/mol. The number of thioether (sulfide) groups is 1. The predicted octanol–water partition coefficient (Wildman–Crippen LogP) is 4.50. The quantitative estimate of drug-likeness (QED) is 0.300. The maximum Gasteiger partial charge on any atom is 0.251 e. The van der Waals surface area contributed by atoms with Gasteiger partial charge in [-0.05, 0) is 48.9 Å². The molecule has 32 heavy (non-hydrogen) atoms. The van der Waals surface area contributed by atoms with Crippen LogP contribution in [0.2, 0.25) is 0 Å². The van der Waals surface area contributed by atoms with Gasteiger partial charge in [-0.2, -0.15) is 0 Å². The van der Waals surface area contributed by atoms with Crippen molar-refractivity contribution in [2.24, 2.45) is 0 Å². The molecule has 0 saturated carbocycles. The van der Waals surface area contributed by atoms with Crippen LogP contribution in [0.15, 0.2) is 76.5 Å². The van der Waals surface area contributed by atoms with Gasteiger partial charge in [0.25, 0.3) is 5.91 Å². The number of methoxy groups -OCH3 is 1. The van der Waals surface area contributed by atoms with Gasteiger partial charge in [0.15, 0.2) is 10.9 Å². The Morgan fingerprint density at radius 1 is 1.09 bits per heavy atom. The van der Waals surface area contributed by atoms with Crippen molar-refractivity contribution >= 4 is 17.7 Å². The van der Waals surface area contributed by atoms with Gasteiger partial charge in [-0.1, -0.05) is 41.6 Å². The first-order chi connectivity index (χ1) is 15.7. The third-order valence-corrected chi connectivity index (χ3v) is 5.84. The molecule has 0 spiro atoms. The number of rotatable bonds is 9. The number of aryl methyl sites for hydroxylation is 1. The van der Waals surface area contributed by atoms with Crippen molar-refractivity contribution < 1.29 is 13.9 Å². The Morgan fingerprint density at radius 2 is 1.88 bits per heavy atom. The highest BCUT2D eigenvalue weighted by Gasteiger charge is 2.18. The number of aromatic nitrogens is 3. The van der Waals surface area contributed by atoms with Crippen molar-refractivity contribution in [3.05, 3.63) is 83.6 Å². The molecule has 0 fully saturated rings. The molecule has 1 N–H and O–H groups in total. The number of nitrogens with zero attached hydrogens (tertiary/aromatic N) is 3. The van der Waals surface area contributed by atoms with Crippen molar-refractivity contribution in [2.75, 3.05) is 20.3 Å². The fourth-order valence-electron chi connectivity index (χ4n) is 3.12. The molecule has 8 heteroatoms. The van der Waals surface area contributed by atoms with Gasteiger partial charge in [-0.15, -0.1) is 10.2 Å². The maximum atomic E-state index is 12.1. The van der Waals surface area contributed by atoms with E-state index in [9.17, 15) is 4.79 Å². The highest BCUT2D eigenvalue weighted by Crippen LogP contribution is 2.30. The first kappa shape index (κ1) is 21.9. The zero-order valence-electron chi connectivity index (χ0n) is 17.9. The van der Waals surface area contributed by atoms with E-state index in [-0.39, 0.29) is 5.91 Å².